The van der Waals surface area contributed by atoms with Crippen molar-refractivity contribution in [2.45, 2.75) is 37.8 Å². The number of methoxy groups -OCH3 is 6. The van der Waals surface area contributed by atoms with Crippen molar-refractivity contribution in [1.82, 2.24) is 9.80 Å². The van der Waals surface area contributed by atoms with E-state index in [0.29, 0.717) is 46.7 Å². The average Bonchev–Trinajstić information content (AvgIpc) is 3.12. The van der Waals surface area contributed by atoms with Gasteiger partial charge in [0, 0.05) is 42.7 Å². The Morgan fingerprint density at radius 1 is 0.700 bits per heavy atom. The molecule has 4 aromatic rings. The quantitative estimate of drug-likeness (QED) is 0.194. The van der Waals surface area contributed by atoms with E-state index in [1.807, 2.05) is 30.3 Å². The molecular formula is C40H46N2O8. The molecule has 0 aromatic heterocycles. The Balaban J connectivity index is 1.34. The summed E-state index contributed by atoms with van der Waals surface area (Å²) in [5.74, 6) is 4.99. The van der Waals surface area contributed by atoms with E-state index in [2.05, 4.69) is 36.0 Å². The Hall–Kier alpha value is -4.80. The van der Waals surface area contributed by atoms with Crippen LogP contribution < -0.4 is 33.2 Å². The van der Waals surface area contributed by atoms with Crippen LogP contribution in [0.15, 0.2) is 42.5 Å². The molecule has 0 saturated carbocycles. The molecule has 4 aromatic carbocycles. The first-order valence-corrected chi connectivity index (χ1v) is 16.9. The topological polar surface area (TPSA) is 91.3 Å². The second-order valence-electron chi connectivity index (χ2n) is 13.4. The summed E-state index contributed by atoms with van der Waals surface area (Å²) in [7, 11) is 14.1. The van der Waals surface area contributed by atoms with Crippen LogP contribution in [0.1, 0.15) is 45.3 Å². The van der Waals surface area contributed by atoms with Gasteiger partial charge in [-0.05, 0) is 103 Å². The molecule has 1 N–H and O–H groups in total. The van der Waals surface area contributed by atoms with Gasteiger partial charge in [-0.3, -0.25) is 4.90 Å². The van der Waals surface area contributed by atoms with Crippen LogP contribution in [0.5, 0.6) is 51.7 Å². The number of ether oxygens (including phenoxy) is 7. The second kappa shape index (κ2) is 13.5. The number of benzene rings is 4. The molecular weight excluding hydrogens is 636 g/mol. The molecule has 50 heavy (non-hydrogen) atoms. The van der Waals surface area contributed by atoms with E-state index >= 15 is 0 Å². The number of likely N-dealkylation sites (N-methyl/N-ethyl adjacent to an activating group) is 2. The fraction of sp³-hybridized carbons (Fsp3) is 0.400. The van der Waals surface area contributed by atoms with E-state index in [9.17, 15) is 5.11 Å². The summed E-state index contributed by atoms with van der Waals surface area (Å²) < 4.78 is 41.6. The average molecular weight is 683 g/mol. The minimum atomic E-state index is 0.0383. The molecule has 3 aliphatic rings. The molecule has 0 bridgehead atoms. The molecule has 2 atom stereocenters. The van der Waals surface area contributed by atoms with Crippen molar-refractivity contribution >= 4 is 0 Å². The van der Waals surface area contributed by atoms with Crippen LogP contribution in [-0.4, -0.2) is 84.7 Å². The summed E-state index contributed by atoms with van der Waals surface area (Å²) >= 11 is 0. The van der Waals surface area contributed by atoms with Gasteiger partial charge in [-0.15, -0.1) is 0 Å². The van der Waals surface area contributed by atoms with Crippen LogP contribution in [0.2, 0.25) is 0 Å². The van der Waals surface area contributed by atoms with Crippen molar-refractivity contribution in [3.8, 4) is 62.9 Å². The van der Waals surface area contributed by atoms with Gasteiger partial charge in [-0.25, -0.2) is 0 Å². The monoisotopic (exact) mass is 682 g/mol. The Kier molecular flexibility index (Phi) is 9.09. The van der Waals surface area contributed by atoms with Crippen LogP contribution in [0.4, 0.5) is 0 Å². The van der Waals surface area contributed by atoms with Gasteiger partial charge in [0.15, 0.2) is 46.0 Å². The number of fused-ring (bicyclic) bond motifs is 3. The summed E-state index contributed by atoms with van der Waals surface area (Å²) in [5, 5.41) is 11.5. The van der Waals surface area contributed by atoms with Gasteiger partial charge in [-0.2, -0.15) is 0 Å². The van der Waals surface area contributed by atoms with Crippen molar-refractivity contribution in [2.75, 3.05) is 69.8 Å². The smallest absolute Gasteiger partial charge is 0.204 e. The summed E-state index contributed by atoms with van der Waals surface area (Å²) in [5.41, 5.74) is 8.54. The molecule has 264 valence electrons. The Morgan fingerprint density at radius 3 is 2.06 bits per heavy atom. The largest absolute Gasteiger partial charge is 0.504 e. The molecule has 10 heteroatoms. The first-order valence-electron chi connectivity index (χ1n) is 16.9. The fourth-order valence-electron chi connectivity index (χ4n) is 8.19. The van der Waals surface area contributed by atoms with E-state index in [1.54, 1.807) is 42.7 Å². The zero-order chi connectivity index (χ0) is 35.3. The first kappa shape index (κ1) is 33.7. The van der Waals surface area contributed by atoms with Gasteiger partial charge in [-0.1, -0.05) is 6.07 Å². The van der Waals surface area contributed by atoms with Crippen LogP contribution >= 0.6 is 0 Å². The third-order valence-corrected chi connectivity index (χ3v) is 10.6. The normalized spacial score (nSPS) is 18.0. The number of hydrogen-bond acceptors (Lipinski definition) is 10. The predicted octanol–water partition coefficient (Wildman–Crippen LogP) is 6.76. The zero-order valence-corrected chi connectivity index (χ0v) is 30.1. The molecule has 0 amide bonds. The van der Waals surface area contributed by atoms with Gasteiger partial charge >= 0.3 is 0 Å². The van der Waals surface area contributed by atoms with E-state index in [4.69, 9.17) is 33.2 Å². The first-order chi connectivity index (χ1) is 24.2. The van der Waals surface area contributed by atoms with E-state index in [-0.39, 0.29) is 17.7 Å². The zero-order valence-electron chi connectivity index (χ0n) is 30.1. The molecule has 0 spiro atoms. The van der Waals surface area contributed by atoms with Crippen LogP contribution in [0.25, 0.3) is 11.1 Å². The lowest BCUT2D eigenvalue weighted by molar-refractivity contribution is 0.226. The molecule has 0 unspecified atom stereocenters. The molecule has 7 rings (SSSR count). The molecule has 10 nitrogen and oxygen atoms in total. The van der Waals surface area contributed by atoms with E-state index in [1.165, 1.54) is 22.3 Å². The van der Waals surface area contributed by atoms with Gasteiger partial charge < -0.3 is 43.2 Å². The lowest BCUT2D eigenvalue weighted by Crippen LogP contribution is -2.33. The second-order valence-corrected chi connectivity index (χ2v) is 13.4. The van der Waals surface area contributed by atoms with Gasteiger partial charge in [0.05, 0.1) is 42.7 Å². The van der Waals surface area contributed by atoms with Crippen LogP contribution in [0.3, 0.4) is 0 Å². The lowest BCUT2D eigenvalue weighted by Gasteiger charge is -2.38. The van der Waals surface area contributed by atoms with Gasteiger partial charge in [0.1, 0.15) is 0 Å². The molecule has 2 aliphatic heterocycles. The summed E-state index contributed by atoms with van der Waals surface area (Å²) in [6.45, 7) is 2.57. The maximum absolute atomic E-state index is 11.5. The number of phenolic OH excluding ortho intramolecular Hbond substituents is 1. The SMILES string of the molecule is COc1cc2c(cc1OC)[C@H](Cc1ccc(OC)c(OC)c1Oc1cc3c(cc1OC)-c1c(O)c(OC)cc4c1[C@@H](C3)CN(C)C4)N(C)CC2. The Bertz CT molecular complexity index is 1940. The highest BCUT2D eigenvalue weighted by Crippen LogP contribution is 2.54. The fourth-order valence-corrected chi connectivity index (χ4v) is 8.19. The standard InChI is InChI=1S/C40H46N2O8/c1-41-20-25-13-24-16-34(33(47-6)19-28(24)37-36(25)26(21-41)17-35(48-7)38(37)43)50-39-23(9-10-30(44-3)40(39)49-8)14-29-27-18-32(46-5)31(45-4)15-22(27)11-12-42(29)2/h9-10,15-19,25,29,43H,11-14,20-21H2,1-8H3/t25-,29-/m0/s1. The summed E-state index contributed by atoms with van der Waals surface area (Å²) in [6.07, 6.45) is 2.34. The van der Waals surface area contributed by atoms with E-state index < -0.39 is 0 Å². The van der Waals surface area contributed by atoms with Crippen molar-refractivity contribution in [2.24, 2.45) is 0 Å². The molecule has 1 aliphatic carbocycles. The molecule has 0 radical (unpaired) electrons. The highest BCUT2D eigenvalue weighted by Gasteiger charge is 2.36. The summed E-state index contributed by atoms with van der Waals surface area (Å²) in [4.78, 5) is 4.68. The lowest BCUT2D eigenvalue weighted by atomic mass is 9.74. The molecule has 0 saturated heterocycles. The Labute approximate surface area is 294 Å². The van der Waals surface area contributed by atoms with Gasteiger partial charge in [0.2, 0.25) is 5.75 Å². The van der Waals surface area contributed by atoms with Crippen molar-refractivity contribution in [3.05, 3.63) is 75.8 Å². The van der Waals surface area contributed by atoms with E-state index in [0.717, 1.165) is 60.5 Å². The number of aromatic hydroxyl groups is 1. The number of hydrogen-bond donors (Lipinski definition) is 1. The van der Waals surface area contributed by atoms with Crippen molar-refractivity contribution in [1.29, 1.82) is 0 Å². The third kappa shape index (κ3) is 5.60. The minimum Gasteiger partial charge on any atom is -0.504 e. The highest BCUT2D eigenvalue weighted by molar-refractivity contribution is 5.85. The van der Waals surface area contributed by atoms with Crippen LogP contribution in [-0.2, 0) is 25.8 Å². The third-order valence-electron chi connectivity index (χ3n) is 10.6. The molecule has 2 heterocycles. The predicted molar refractivity (Wildman–Crippen MR) is 191 cm³/mol. The van der Waals surface area contributed by atoms with Crippen LogP contribution in [0, 0.1) is 0 Å². The highest BCUT2D eigenvalue weighted by atomic mass is 16.5. The number of phenols is 1. The van der Waals surface area contributed by atoms with Gasteiger partial charge in [0.25, 0.3) is 0 Å². The summed E-state index contributed by atoms with van der Waals surface area (Å²) in [6, 6.07) is 14.2. The maximum atomic E-state index is 11.5. The van der Waals surface area contributed by atoms with Crippen molar-refractivity contribution < 1.29 is 38.3 Å². The Morgan fingerprint density at radius 2 is 1.36 bits per heavy atom. The number of nitrogens with zero attached hydrogens (tertiary/aromatic N) is 2. The minimum absolute atomic E-state index is 0.0383. The van der Waals surface area contributed by atoms with Crippen molar-refractivity contribution in [3.63, 3.8) is 0 Å². The number of rotatable bonds is 10. The maximum Gasteiger partial charge on any atom is 0.204 e. The molecule has 0 fully saturated rings.